The van der Waals surface area contributed by atoms with Crippen molar-refractivity contribution in [2.24, 2.45) is 11.3 Å². The lowest BCUT2D eigenvalue weighted by molar-refractivity contribution is -0.277. The number of carbonyl (C=O) groups excluding carboxylic acids is 7. The van der Waals surface area contributed by atoms with Crippen LogP contribution in [0.15, 0.2) is 0 Å². The third kappa shape index (κ3) is 26.7. The number of nitriles is 1. The highest BCUT2D eigenvalue weighted by Crippen LogP contribution is 2.31. The Balaban J connectivity index is 2.12. The molecule has 4 amide bonds. The summed E-state index contributed by atoms with van der Waals surface area (Å²) in [5.74, 6) is -2.96. The van der Waals surface area contributed by atoms with Crippen molar-refractivity contribution in [3.63, 3.8) is 0 Å². The first-order valence-corrected chi connectivity index (χ1v) is 21.5. The second-order valence-electron chi connectivity index (χ2n) is 15.4. The number of unbranched alkanes of at least 4 members (excludes halogenated alkanes) is 2. The van der Waals surface area contributed by atoms with Crippen molar-refractivity contribution in [1.82, 2.24) is 21.3 Å². The predicted octanol–water partition coefficient (Wildman–Crippen LogP) is 0.991. The van der Waals surface area contributed by atoms with E-state index in [-0.39, 0.29) is 50.1 Å². The van der Waals surface area contributed by atoms with E-state index in [9.17, 15) is 38.8 Å². The van der Waals surface area contributed by atoms with Gasteiger partial charge in [-0.25, -0.2) is 0 Å². The van der Waals surface area contributed by atoms with E-state index in [4.69, 9.17) is 42.6 Å². The third-order valence-corrected chi connectivity index (χ3v) is 9.66. The van der Waals surface area contributed by atoms with E-state index in [0.29, 0.717) is 104 Å². The molecule has 0 aliphatic carbocycles. The number of hydrogen-bond donors (Lipinski definition) is 4. The van der Waals surface area contributed by atoms with E-state index >= 15 is 0 Å². The molecule has 1 heterocycles. The average Bonchev–Trinajstić information content (AvgIpc) is 3.21. The largest absolute Gasteiger partial charge is 0.463 e. The zero-order valence-corrected chi connectivity index (χ0v) is 38.1. The number of ether oxygens (including phenoxy) is 9. The van der Waals surface area contributed by atoms with Gasteiger partial charge >= 0.3 is 17.9 Å². The van der Waals surface area contributed by atoms with Crippen molar-refractivity contribution in [1.29, 1.82) is 5.26 Å². The summed E-state index contributed by atoms with van der Waals surface area (Å²) < 4.78 is 49.6. The van der Waals surface area contributed by atoms with Crippen LogP contribution in [0.1, 0.15) is 93.4 Å². The predicted molar refractivity (Wildman–Crippen MR) is 223 cm³/mol. The van der Waals surface area contributed by atoms with Gasteiger partial charge < -0.3 is 63.9 Å². The Labute approximate surface area is 370 Å². The molecule has 6 atom stereocenters. The molecule has 0 aromatic heterocycles. The van der Waals surface area contributed by atoms with Crippen LogP contribution in [0.5, 0.6) is 0 Å². The molecule has 21 heteroatoms. The molecule has 1 fully saturated rings. The minimum Gasteiger partial charge on any atom is -0.463 e. The van der Waals surface area contributed by atoms with Crippen LogP contribution >= 0.6 is 0 Å². The SMILES string of the molecule is CC(=O)N[C@H]1[C@H](OCCCCCNC(=O)COCCCOCCNC(=O)COCCCOCCNC(=O)CCC(C)(C#N)C(C)C)O[C@H](COC(C)=O)[C@H](OC(C)=O)[C@@H]1OC(C)=O. The van der Waals surface area contributed by atoms with Crippen LogP contribution in [0, 0.1) is 22.7 Å². The highest BCUT2D eigenvalue weighted by Gasteiger charge is 2.51. The number of carbonyl (C=O) groups is 7. The second kappa shape index (κ2) is 33.1. The highest BCUT2D eigenvalue weighted by molar-refractivity contribution is 5.77. The van der Waals surface area contributed by atoms with Crippen molar-refractivity contribution >= 4 is 41.5 Å². The Hall–Kier alpha value is -4.46. The minimum atomic E-state index is -1.21. The lowest BCUT2D eigenvalue weighted by Crippen LogP contribution is -2.66. The average molecular weight is 902 g/mol. The van der Waals surface area contributed by atoms with E-state index < -0.39 is 59.9 Å². The molecule has 63 heavy (non-hydrogen) atoms. The first-order valence-electron chi connectivity index (χ1n) is 21.5. The standard InChI is InChI=1S/C42H71N5O16/c1-29(2)42(7,28-43)14-13-35(52)45-16-23-55-18-11-21-58-27-37(54)46-17-24-56-19-12-20-57-26-36(53)44-15-9-8-10-22-59-41-38(47-30(3)48)40(62-33(6)51)39(61-32(5)50)34(63-41)25-60-31(4)49/h29,34,38-41H,8-27H2,1-7H3,(H,44,53)(H,45,52)(H,46,54)(H,47,48)/t34-,38-,39+,40-,41-,42?/m1/s1. The van der Waals surface area contributed by atoms with Gasteiger partial charge in [0.25, 0.3) is 0 Å². The first-order chi connectivity index (χ1) is 30.0. The van der Waals surface area contributed by atoms with E-state index in [0.717, 1.165) is 13.8 Å². The maximum Gasteiger partial charge on any atom is 0.303 e. The van der Waals surface area contributed by atoms with Gasteiger partial charge in [0.1, 0.15) is 32.0 Å². The minimum absolute atomic E-state index is 0.0838. The fraction of sp³-hybridized carbons (Fsp3) is 0.810. The Kier molecular flexibility index (Phi) is 29.7. The molecule has 1 aliphatic rings. The summed E-state index contributed by atoms with van der Waals surface area (Å²) in [4.78, 5) is 83.6. The van der Waals surface area contributed by atoms with Crippen molar-refractivity contribution in [3.8, 4) is 6.07 Å². The van der Waals surface area contributed by atoms with Crippen LogP contribution in [0.2, 0.25) is 0 Å². The van der Waals surface area contributed by atoms with E-state index in [1.54, 1.807) is 0 Å². The van der Waals surface area contributed by atoms with Crippen LogP contribution in [0.4, 0.5) is 0 Å². The molecule has 0 aromatic rings. The summed E-state index contributed by atoms with van der Waals surface area (Å²) in [6, 6.07) is 1.26. The smallest absolute Gasteiger partial charge is 0.303 e. The molecule has 0 spiro atoms. The summed E-state index contributed by atoms with van der Waals surface area (Å²) in [6.07, 6.45) is -0.818. The molecule has 0 radical (unpaired) electrons. The van der Waals surface area contributed by atoms with Crippen molar-refractivity contribution in [2.45, 2.75) is 124 Å². The quantitative estimate of drug-likeness (QED) is 0.0398. The van der Waals surface area contributed by atoms with E-state index in [1.165, 1.54) is 13.8 Å². The number of hydrogen-bond acceptors (Lipinski definition) is 17. The van der Waals surface area contributed by atoms with Gasteiger partial charge in [-0.05, 0) is 51.4 Å². The van der Waals surface area contributed by atoms with Crippen molar-refractivity contribution in [3.05, 3.63) is 0 Å². The summed E-state index contributed by atoms with van der Waals surface area (Å²) in [6.45, 7) is 13.5. The van der Waals surface area contributed by atoms with E-state index in [2.05, 4.69) is 27.3 Å². The number of nitrogens with one attached hydrogen (secondary N) is 4. The molecule has 1 aliphatic heterocycles. The van der Waals surface area contributed by atoms with Crippen LogP contribution in [-0.2, 0) is 76.2 Å². The molecule has 0 aromatic carbocycles. The monoisotopic (exact) mass is 901 g/mol. The Morgan fingerprint density at radius 2 is 1.19 bits per heavy atom. The molecule has 21 nitrogen and oxygen atoms in total. The molecule has 1 unspecified atom stereocenters. The van der Waals surface area contributed by atoms with Crippen LogP contribution < -0.4 is 21.3 Å². The maximum atomic E-state index is 12.2. The molecule has 4 N–H and O–H groups in total. The van der Waals surface area contributed by atoms with Crippen molar-refractivity contribution in [2.75, 3.05) is 85.7 Å². The zero-order valence-electron chi connectivity index (χ0n) is 38.1. The van der Waals surface area contributed by atoms with Gasteiger partial charge in [-0.1, -0.05) is 13.8 Å². The molecule has 1 saturated heterocycles. The summed E-state index contributed by atoms with van der Waals surface area (Å²) in [7, 11) is 0. The maximum absolute atomic E-state index is 12.2. The third-order valence-electron chi connectivity index (χ3n) is 9.66. The van der Waals surface area contributed by atoms with Crippen LogP contribution in [0.3, 0.4) is 0 Å². The summed E-state index contributed by atoms with van der Waals surface area (Å²) in [5.41, 5.74) is -0.528. The Morgan fingerprint density at radius 1 is 0.651 bits per heavy atom. The Bertz CT molecular complexity index is 1440. The highest BCUT2D eigenvalue weighted by atomic mass is 16.7. The second-order valence-corrected chi connectivity index (χ2v) is 15.4. The number of amides is 4. The fourth-order valence-corrected chi connectivity index (χ4v) is 5.89. The van der Waals surface area contributed by atoms with Crippen molar-refractivity contribution < 1.29 is 76.2 Å². The van der Waals surface area contributed by atoms with Crippen LogP contribution in [0.25, 0.3) is 0 Å². The van der Waals surface area contributed by atoms with Gasteiger partial charge in [0, 0.05) is 86.8 Å². The summed E-state index contributed by atoms with van der Waals surface area (Å²) in [5, 5.41) is 20.3. The van der Waals surface area contributed by atoms with Gasteiger partial charge in [0.2, 0.25) is 23.6 Å². The van der Waals surface area contributed by atoms with Gasteiger partial charge in [-0.3, -0.25) is 33.6 Å². The van der Waals surface area contributed by atoms with Gasteiger partial charge in [0.05, 0.1) is 24.7 Å². The fourth-order valence-electron chi connectivity index (χ4n) is 5.89. The molecule has 0 bridgehead atoms. The molecular formula is C42H71N5O16. The normalized spacial score (nSPS) is 19.2. The number of nitrogens with zero attached hydrogens (tertiary/aromatic N) is 1. The zero-order chi connectivity index (χ0) is 47.0. The lowest BCUT2D eigenvalue weighted by atomic mass is 9.77. The number of esters is 3. The summed E-state index contributed by atoms with van der Waals surface area (Å²) >= 11 is 0. The number of rotatable bonds is 34. The van der Waals surface area contributed by atoms with E-state index in [1.807, 2.05) is 20.8 Å². The van der Waals surface area contributed by atoms with Gasteiger partial charge in [-0.2, -0.15) is 5.26 Å². The van der Waals surface area contributed by atoms with Gasteiger partial charge in [-0.15, -0.1) is 0 Å². The lowest BCUT2D eigenvalue weighted by Gasteiger charge is -2.44. The first kappa shape index (κ1) is 56.6. The van der Waals surface area contributed by atoms with Crippen LogP contribution in [-0.4, -0.2) is 158 Å². The molecular weight excluding hydrogens is 830 g/mol. The van der Waals surface area contributed by atoms with Gasteiger partial charge in [0.15, 0.2) is 18.5 Å². The Morgan fingerprint density at radius 3 is 1.71 bits per heavy atom. The molecule has 0 saturated carbocycles. The topological polar surface area (TPSA) is 274 Å². The molecule has 360 valence electrons. The molecule has 1 rings (SSSR count).